The molecule has 0 N–H and O–H groups in total. The van der Waals surface area contributed by atoms with E-state index in [9.17, 15) is 13.6 Å². The summed E-state index contributed by atoms with van der Waals surface area (Å²) in [5.41, 5.74) is 2.10. The number of amides is 2. The van der Waals surface area contributed by atoms with Gasteiger partial charge in [0.15, 0.2) is 0 Å². The highest BCUT2D eigenvalue weighted by molar-refractivity contribution is 5.85. The minimum Gasteiger partial charge on any atom is -0.325 e. The van der Waals surface area contributed by atoms with Gasteiger partial charge in [-0.3, -0.25) is 4.90 Å². The Kier molecular flexibility index (Phi) is 8.49. The number of urea groups is 1. The molecule has 2 saturated heterocycles. The van der Waals surface area contributed by atoms with Crippen molar-refractivity contribution in [2.24, 2.45) is 0 Å². The molecule has 2 heterocycles. The number of hydrogen-bond donors (Lipinski definition) is 0. The summed E-state index contributed by atoms with van der Waals surface area (Å²) in [5, 5.41) is 0. The highest BCUT2D eigenvalue weighted by Crippen LogP contribution is 2.30. The van der Waals surface area contributed by atoms with Crippen LogP contribution in [0.15, 0.2) is 48.5 Å². The third-order valence-electron chi connectivity index (χ3n) is 6.71. The summed E-state index contributed by atoms with van der Waals surface area (Å²) in [6.07, 6.45) is 2.93. The van der Waals surface area contributed by atoms with Crippen LogP contribution < -0.4 is 0 Å². The van der Waals surface area contributed by atoms with Gasteiger partial charge in [-0.1, -0.05) is 24.3 Å². The Balaban J connectivity index is 0.00000289. The van der Waals surface area contributed by atoms with E-state index in [-0.39, 0.29) is 36.0 Å². The molecule has 2 aliphatic heterocycles. The lowest BCUT2D eigenvalue weighted by Gasteiger charge is -2.47. The molecular weight excluding hydrogens is 432 g/mol. The lowest BCUT2D eigenvalue weighted by Crippen LogP contribution is -2.62. The zero-order valence-corrected chi connectivity index (χ0v) is 19.4. The highest BCUT2D eigenvalue weighted by Gasteiger charge is 2.36. The van der Waals surface area contributed by atoms with Crippen molar-refractivity contribution >= 4 is 18.4 Å². The third-order valence-corrected chi connectivity index (χ3v) is 6.71. The summed E-state index contributed by atoms with van der Waals surface area (Å²) < 4.78 is 26.8. The molecule has 7 heteroatoms. The summed E-state index contributed by atoms with van der Waals surface area (Å²) in [4.78, 5) is 19.0. The normalized spacial score (nSPS) is 19.1. The van der Waals surface area contributed by atoms with Crippen LogP contribution in [0, 0.1) is 11.6 Å². The number of rotatable bonds is 7. The van der Waals surface area contributed by atoms with E-state index in [2.05, 4.69) is 4.90 Å². The van der Waals surface area contributed by atoms with Crippen molar-refractivity contribution < 1.29 is 13.6 Å². The van der Waals surface area contributed by atoms with Gasteiger partial charge in [-0.15, -0.1) is 12.4 Å². The van der Waals surface area contributed by atoms with Crippen LogP contribution in [0.5, 0.6) is 0 Å². The average Bonchev–Trinajstić information content (AvgIpc) is 2.79. The SMILES string of the molecule is CCN1CCC2CN(CCCC(c3ccc(F)cc3)c3ccc(F)cc3)CCN2C1=O.Cl. The van der Waals surface area contributed by atoms with Crippen LogP contribution in [0.4, 0.5) is 13.6 Å². The predicted molar refractivity (Wildman–Crippen MR) is 125 cm³/mol. The van der Waals surface area contributed by atoms with E-state index < -0.39 is 0 Å². The van der Waals surface area contributed by atoms with Gasteiger partial charge in [0.2, 0.25) is 0 Å². The Morgan fingerprint density at radius 2 is 1.53 bits per heavy atom. The molecule has 0 spiro atoms. The second-order valence-electron chi connectivity index (χ2n) is 8.60. The first-order valence-corrected chi connectivity index (χ1v) is 11.3. The van der Waals surface area contributed by atoms with Crippen LogP contribution >= 0.6 is 12.4 Å². The summed E-state index contributed by atoms with van der Waals surface area (Å²) in [7, 11) is 0. The van der Waals surface area contributed by atoms with Crippen LogP contribution in [-0.4, -0.2) is 66.0 Å². The van der Waals surface area contributed by atoms with Gasteiger partial charge < -0.3 is 9.80 Å². The van der Waals surface area contributed by atoms with Gasteiger partial charge in [0.1, 0.15) is 11.6 Å². The molecule has 1 unspecified atom stereocenters. The Morgan fingerprint density at radius 3 is 2.09 bits per heavy atom. The van der Waals surface area contributed by atoms with Gasteiger partial charge in [0.05, 0.1) is 0 Å². The molecule has 2 aliphatic rings. The van der Waals surface area contributed by atoms with Crippen LogP contribution in [0.3, 0.4) is 0 Å². The quantitative estimate of drug-likeness (QED) is 0.569. The van der Waals surface area contributed by atoms with E-state index in [0.717, 1.165) is 69.7 Å². The first-order valence-electron chi connectivity index (χ1n) is 11.3. The second-order valence-corrected chi connectivity index (χ2v) is 8.60. The molecule has 0 aromatic heterocycles. The summed E-state index contributed by atoms with van der Waals surface area (Å²) in [6, 6.07) is 13.8. The van der Waals surface area contributed by atoms with Crippen LogP contribution in [0.1, 0.15) is 43.2 Å². The number of carbonyl (C=O) groups is 1. The lowest BCUT2D eigenvalue weighted by atomic mass is 9.87. The van der Waals surface area contributed by atoms with Crippen molar-refractivity contribution in [3.8, 4) is 0 Å². The molecule has 0 radical (unpaired) electrons. The van der Waals surface area contributed by atoms with E-state index >= 15 is 0 Å². The maximum atomic E-state index is 13.4. The fourth-order valence-electron chi connectivity index (χ4n) is 4.93. The fourth-order valence-corrected chi connectivity index (χ4v) is 4.93. The molecule has 2 fully saturated rings. The number of fused-ring (bicyclic) bond motifs is 1. The molecule has 1 atom stereocenters. The average molecular weight is 464 g/mol. The maximum Gasteiger partial charge on any atom is 0.320 e. The topological polar surface area (TPSA) is 26.8 Å². The molecule has 2 aromatic carbocycles. The van der Waals surface area contributed by atoms with Gasteiger partial charge in [0.25, 0.3) is 0 Å². The van der Waals surface area contributed by atoms with Crippen molar-refractivity contribution in [3.05, 3.63) is 71.3 Å². The molecule has 4 nitrogen and oxygen atoms in total. The van der Waals surface area contributed by atoms with Gasteiger partial charge in [-0.05, 0) is 68.1 Å². The van der Waals surface area contributed by atoms with Crippen molar-refractivity contribution in [2.75, 3.05) is 39.3 Å². The van der Waals surface area contributed by atoms with E-state index in [1.54, 1.807) is 0 Å². The predicted octanol–water partition coefficient (Wildman–Crippen LogP) is 5.13. The summed E-state index contributed by atoms with van der Waals surface area (Å²) in [5.74, 6) is -0.386. The monoisotopic (exact) mass is 463 g/mol. The Hall–Kier alpha value is -2.18. The molecule has 4 rings (SSSR count). The number of nitrogens with zero attached hydrogens (tertiary/aromatic N) is 3. The molecule has 2 aromatic rings. The minimum atomic E-state index is -0.247. The van der Waals surface area contributed by atoms with E-state index in [4.69, 9.17) is 0 Å². The molecule has 0 bridgehead atoms. The zero-order chi connectivity index (χ0) is 21.8. The number of carbonyl (C=O) groups excluding carboxylic acids is 1. The standard InChI is InChI=1S/C25H31F2N3O.ClH/c1-2-29-15-13-23-18-28(16-17-30(23)25(29)31)14-3-4-24(19-5-9-21(26)10-6-19)20-7-11-22(27)12-8-20;/h5-12,23-24H,2-4,13-18H2,1H3;1H. The largest absolute Gasteiger partial charge is 0.325 e. The lowest BCUT2D eigenvalue weighted by molar-refractivity contribution is 0.0450. The number of hydrogen-bond acceptors (Lipinski definition) is 2. The minimum absolute atomic E-state index is 0. The van der Waals surface area contributed by atoms with Gasteiger partial charge in [-0.25, -0.2) is 13.6 Å². The smallest absolute Gasteiger partial charge is 0.320 e. The number of halogens is 3. The Bertz CT molecular complexity index is 832. The molecule has 174 valence electrons. The Morgan fingerprint density at radius 1 is 0.938 bits per heavy atom. The van der Waals surface area contributed by atoms with E-state index in [1.807, 2.05) is 41.0 Å². The first kappa shape index (κ1) is 24.5. The molecule has 2 amide bonds. The Labute approximate surface area is 195 Å². The van der Waals surface area contributed by atoms with E-state index in [1.165, 1.54) is 24.3 Å². The van der Waals surface area contributed by atoms with Crippen molar-refractivity contribution in [2.45, 2.75) is 38.1 Å². The first-order chi connectivity index (χ1) is 15.0. The van der Waals surface area contributed by atoms with Crippen molar-refractivity contribution in [3.63, 3.8) is 0 Å². The van der Waals surface area contributed by atoms with E-state index in [0.29, 0.717) is 6.04 Å². The molecular formula is C25H32ClF2N3O. The number of piperazine rings is 1. The highest BCUT2D eigenvalue weighted by atomic mass is 35.5. The fraction of sp³-hybridized carbons (Fsp3) is 0.480. The maximum absolute atomic E-state index is 13.4. The third kappa shape index (κ3) is 5.59. The molecule has 0 aliphatic carbocycles. The number of benzene rings is 2. The molecule has 0 saturated carbocycles. The second kappa shape index (κ2) is 11.1. The summed E-state index contributed by atoms with van der Waals surface area (Å²) >= 11 is 0. The zero-order valence-electron chi connectivity index (χ0n) is 18.6. The summed E-state index contributed by atoms with van der Waals surface area (Å²) in [6.45, 7) is 7.25. The van der Waals surface area contributed by atoms with Crippen molar-refractivity contribution in [1.82, 2.24) is 14.7 Å². The van der Waals surface area contributed by atoms with Crippen LogP contribution in [0.25, 0.3) is 0 Å². The molecule has 32 heavy (non-hydrogen) atoms. The van der Waals surface area contributed by atoms with Crippen molar-refractivity contribution in [1.29, 1.82) is 0 Å². The van der Waals surface area contributed by atoms with Gasteiger partial charge in [-0.2, -0.15) is 0 Å². The van der Waals surface area contributed by atoms with Crippen LogP contribution in [0.2, 0.25) is 0 Å². The van der Waals surface area contributed by atoms with Gasteiger partial charge >= 0.3 is 6.03 Å². The van der Waals surface area contributed by atoms with Crippen LogP contribution in [-0.2, 0) is 0 Å². The van der Waals surface area contributed by atoms with Gasteiger partial charge in [0, 0.05) is 44.7 Å².